The second kappa shape index (κ2) is 4.51. The summed E-state index contributed by atoms with van der Waals surface area (Å²) in [6.07, 6.45) is 0. The number of aliphatic hydroxyl groups is 1. The fraction of sp³-hybridized carbons (Fsp3) is 0.308. The number of aryl methyl sites for hydroxylation is 1. The van der Waals surface area contributed by atoms with Gasteiger partial charge in [0.2, 0.25) is 0 Å². The van der Waals surface area contributed by atoms with Gasteiger partial charge < -0.3 is 5.11 Å². The minimum absolute atomic E-state index is 0.0909. The quantitative estimate of drug-likeness (QED) is 0.890. The van der Waals surface area contributed by atoms with Crippen LogP contribution in [0.2, 0.25) is 5.02 Å². The maximum absolute atomic E-state index is 9.40. The van der Waals surface area contributed by atoms with Crippen LogP contribution in [0.15, 0.2) is 18.2 Å². The van der Waals surface area contributed by atoms with Crippen LogP contribution >= 0.6 is 11.6 Å². The molecule has 0 unspecified atom stereocenters. The third-order valence-electron chi connectivity index (χ3n) is 3.13. The first-order chi connectivity index (χ1) is 8.06. The summed E-state index contributed by atoms with van der Waals surface area (Å²) in [7, 11) is 0. The van der Waals surface area contributed by atoms with Crippen LogP contribution in [0.5, 0.6) is 0 Å². The van der Waals surface area contributed by atoms with Crippen LogP contribution in [-0.2, 0) is 6.61 Å². The molecule has 0 amide bonds. The normalized spacial score (nSPS) is 10.9. The molecule has 0 bridgehead atoms. The number of aromatic nitrogens is 2. The fourth-order valence-electron chi connectivity index (χ4n) is 1.86. The van der Waals surface area contributed by atoms with Crippen molar-refractivity contribution in [3.63, 3.8) is 0 Å². The average Bonchev–Trinajstić information content (AvgIpc) is 2.56. The van der Waals surface area contributed by atoms with E-state index in [0.717, 1.165) is 22.6 Å². The Labute approximate surface area is 106 Å². The highest BCUT2D eigenvalue weighted by atomic mass is 35.5. The van der Waals surface area contributed by atoms with Crippen LogP contribution < -0.4 is 0 Å². The molecule has 2 rings (SSSR count). The zero-order chi connectivity index (χ0) is 12.6. The summed E-state index contributed by atoms with van der Waals surface area (Å²) in [6.45, 7) is 5.93. The molecule has 0 saturated carbocycles. The molecule has 1 aromatic heterocycles. The maximum atomic E-state index is 9.40. The predicted octanol–water partition coefficient (Wildman–Crippen LogP) is 2.94. The van der Waals surface area contributed by atoms with Gasteiger partial charge in [0.05, 0.1) is 18.0 Å². The molecule has 0 saturated heterocycles. The van der Waals surface area contributed by atoms with Gasteiger partial charge in [0, 0.05) is 16.3 Å². The van der Waals surface area contributed by atoms with Crippen LogP contribution in [0.1, 0.15) is 22.5 Å². The molecule has 1 heterocycles. The number of benzene rings is 1. The Hall–Kier alpha value is -1.32. The molecule has 0 atom stereocenters. The van der Waals surface area contributed by atoms with Gasteiger partial charge in [-0.05, 0) is 38.5 Å². The Morgan fingerprint density at radius 3 is 2.53 bits per heavy atom. The number of hydrogen-bond acceptors (Lipinski definition) is 2. The molecular formula is C13H15ClN2O. The van der Waals surface area contributed by atoms with Crippen LogP contribution in [-0.4, -0.2) is 14.9 Å². The lowest BCUT2D eigenvalue weighted by atomic mass is 10.1. The highest BCUT2D eigenvalue weighted by molar-refractivity contribution is 6.31. The maximum Gasteiger partial charge on any atom is 0.0718 e. The first-order valence-corrected chi connectivity index (χ1v) is 5.85. The van der Waals surface area contributed by atoms with Crippen LogP contribution in [0.3, 0.4) is 0 Å². The standard InChI is InChI=1S/C13H15ClN2O/c1-8-9(2)15-16(10(8)3)13-6-4-5-12(14)11(13)7-17/h4-6,17H,7H2,1-3H3. The minimum Gasteiger partial charge on any atom is -0.392 e. The molecule has 4 heteroatoms. The van der Waals surface area contributed by atoms with Gasteiger partial charge in [-0.2, -0.15) is 5.10 Å². The molecule has 90 valence electrons. The van der Waals surface area contributed by atoms with E-state index in [1.807, 2.05) is 37.6 Å². The second-order valence-corrected chi connectivity index (χ2v) is 4.51. The Balaban J connectivity index is 2.68. The minimum atomic E-state index is -0.0909. The van der Waals surface area contributed by atoms with Crippen molar-refractivity contribution in [2.75, 3.05) is 0 Å². The first-order valence-electron chi connectivity index (χ1n) is 5.47. The van der Waals surface area contributed by atoms with E-state index >= 15 is 0 Å². The lowest BCUT2D eigenvalue weighted by Crippen LogP contribution is -2.04. The largest absolute Gasteiger partial charge is 0.392 e. The highest BCUT2D eigenvalue weighted by Crippen LogP contribution is 2.25. The lowest BCUT2D eigenvalue weighted by molar-refractivity contribution is 0.281. The number of aliphatic hydroxyl groups excluding tert-OH is 1. The smallest absolute Gasteiger partial charge is 0.0718 e. The summed E-state index contributed by atoms with van der Waals surface area (Å²) in [6, 6.07) is 5.55. The Kier molecular flexibility index (Phi) is 3.22. The highest BCUT2D eigenvalue weighted by Gasteiger charge is 2.13. The van der Waals surface area contributed by atoms with E-state index in [1.54, 1.807) is 6.07 Å². The van der Waals surface area contributed by atoms with Gasteiger partial charge in [-0.3, -0.25) is 0 Å². The van der Waals surface area contributed by atoms with E-state index in [2.05, 4.69) is 5.10 Å². The number of rotatable bonds is 2. The van der Waals surface area contributed by atoms with Gasteiger partial charge in [0.25, 0.3) is 0 Å². The van der Waals surface area contributed by atoms with Crippen LogP contribution in [0, 0.1) is 20.8 Å². The van der Waals surface area contributed by atoms with Crippen LogP contribution in [0.25, 0.3) is 5.69 Å². The van der Waals surface area contributed by atoms with E-state index in [4.69, 9.17) is 11.6 Å². The second-order valence-electron chi connectivity index (χ2n) is 4.10. The van der Waals surface area contributed by atoms with Gasteiger partial charge in [-0.15, -0.1) is 0 Å². The summed E-state index contributed by atoms with van der Waals surface area (Å²) in [5.41, 5.74) is 4.77. The predicted molar refractivity (Wildman–Crippen MR) is 68.7 cm³/mol. The average molecular weight is 251 g/mol. The summed E-state index contributed by atoms with van der Waals surface area (Å²) in [5.74, 6) is 0. The van der Waals surface area contributed by atoms with E-state index in [1.165, 1.54) is 0 Å². The summed E-state index contributed by atoms with van der Waals surface area (Å²) >= 11 is 6.08. The number of nitrogens with zero attached hydrogens (tertiary/aromatic N) is 2. The molecule has 2 aromatic rings. The molecule has 1 aromatic carbocycles. The molecule has 0 radical (unpaired) electrons. The van der Waals surface area contributed by atoms with E-state index < -0.39 is 0 Å². The third kappa shape index (κ3) is 1.96. The summed E-state index contributed by atoms with van der Waals surface area (Å²) in [4.78, 5) is 0. The van der Waals surface area contributed by atoms with Crippen LogP contribution in [0.4, 0.5) is 0 Å². The van der Waals surface area contributed by atoms with Gasteiger partial charge in [-0.25, -0.2) is 4.68 Å². The van der Waals surface area contributed by atoms with E-state index in [9.17, 15) is 5.11 Å². The van der Waals surface area contributed by atoms with E-state index in [-0.39, 0.29) is 6.61 Å². The van der Waals surface area contributed by atoms with Gasteiger partial charge in [0.1, 0.15) is 0 Å². The summed E-state index contributed by atoms with van der Waals surface area (Å²) < 4.78 is 1.84. The van der Waals surface area contributed by atoms with Gasteiger partial charge >= 0.3 is 0 Å². The number of hydrogen-bond donors (Lipinski definition) is 1. The topological polar surface area (TPSA) is 38.0 Å². The number of halogens is 1. The third-order valence-corrected chi connectivity index (χ3v) is 3.49. The SMILES string of the molecule is Cc1nn(-c2cccc(Cl)c2CO)c(C)c1C. The molecular weight excluding hydrogens is 236 g/mol. The first kappa shape index (κ1) is 12.1. The Morgan fingerprint density at radius 2 is 2.00 bits per heavy atom. The zero-order valence-corrected chi connectivity index (χ0v) is 10.9. The lowest BCUT2D eigenvalue weighted by Gasteiger charge is -2.11. The Morgan fingerprint density at radius 1 is 1.29 bits per heavy atom. The molecule has 0 aliphatic heterocycles. The monoisotopic (exact) mass is 250 g/mol. The molecule has 1 N–H and O–H groups in total. The molecule has 0 aliphatic rings. The molecule has 17 heavy (non-hydrogen) atoms. The fourth-order valence-corrected chi connectivity index (χ4v) is 2.09. The molecule has 3 nitrogen and oxygen atoms in total. The van der Waals surface area contributed by atoms with Gasteiger partial charge in [0.15, 0.2) is 0 Å². The summed E-state index contributed by atoms with van der Waals surface area (Å²) in [5, 5.41) is 14.4. The zero-order valence-electron chi connectivity index (χ0n) is 10.2. The molecule has 0 fully saturated rings. The van der Waals surface area contributed by atoms with Crippen molar-refractivity contribution in [2.24, 2.45) is 0 Å². The molecule has 0 spiro atoms. The van der Waals surface area contributed by atoms with Crippen molar-refractivity contribution in [1.82, 2.24) is 9.78 Å². The van der Waals surface area contributed by atoms with Crippen molar-refractivity contribution >= 4 is 11.6 Å². The van der Waals surface area contributed by atoms with Crippen molar-refractivity contribution in [3.8, 4) is 5.69 Å². The van der Waals surface area contributed by atoms with Crippen molar-refractivity contribution in [1.29, 1.82) is 0 Å². The van der Waals surface area contributed by atoms with Crippen molar-refractivity contribution in [2.45, 2.75) is 27.4 Å². The van der Waals surface area contributed by atoms with Gasteiger partial charge in [-0.1, -0.05) is 17.7 Å². The van der Waals surface area contributed by atoms with Crippen molar-refractivity contribution < 1.29 is 5.11 Å². The Bertz CT molecular complexity index is 561. The van der Waals surface area contributed by atoms with Crippen molar-refractivity contribution in [3.05, 3.63) is 45.7 Å². The van der Waals surface area contributed by atoms with E-state index in [0.29, 0.717) is 10.6 Å². The molecule has 0 aliphatic carbocycles.